The lowest BCUT2D eigenvalue weighted by molar-refractivity contribution is 0.0697. The fourth-order valence-electron chi connectivity index (χ4n) is 3.35. The van der Waals surface area contributed by atoms with E-state index in [1.165, 1.54) is 4.88 Å². The number of thiazole rings is 1. The Kier molecular flexibility index (Phi) is 4.16. The second-order valence-electron chi connectivity index (χ2n) is 8.12. The fourth-order valence-corrected chi connectivity index (χ4v) is 4.66. The summed E-state index contributed by atoms with van der Waals surface area (Å²) in [6.07, 6.45) is 2.23. The lowest BCUT2D eigenvalue weighted by Crippen LogP contribution is -2.32. The van der Waals surface area contributed by atoms with Gasteiger partial charge in [0.25, 0.3) is 0 Å². The van der Waals surface area contributed by atoms with Crippen LogP contribution >= 0.6 is 11.3 Å². The molecule has 134 valence electrons. The van der Waals surface area contributed by atoms with Crippen LogP contribution in [0.5, 0.6) is 0 Å². The summed E-state index contributed by atoms with van der Waals surface area (Å²) in [6.45, 7) is 10.9. The zero-order chi connectivity index (χ0) is 18.6. The molecule has 5 nitrogen and oxygen atoms in total. The normalized spacial score (nSPS) is 17.8. The van der Waals surface area contributed by atoms with Gasteiger partial charge in [-0.05, 0) is 43.5 Å². The van der Waals surface area contributed by atoms with Gasteiger partial charge in [-0.3, -0.25) is 5.01 Å². The number of carbonyl (C=O) groups is 1. The summed E-state index contributed by atoms with van der Waals surface area (Å²) in [7, 11) is 0. The van der Waals surface area contributed by atoms with E-state index in [-0.39, 0.29) is 16.4 Å². The Morgan fingerprint density at radius 1 is 1.24 bits per heavy atom. The van der Waals surface area contributed by atoms with Gasteiger partial charge in [0.05, 0.1) is 16.9 Å². The Morgan fingerprint density at radius 2 is 1.88 bits per heavy atom. The number of aromatic carboxylic acids is 1. The van der Waals surface area contributed by atoms with Crippen LogP contribution in [0.1, 0.15) is 67.0 Å². The smallest absolute Gasteiger partial charge is 0.335 e. The highest BCUT2D eigenvalue weighted by atomic mass is 32.1. The maximum atomic E-state index is 11.1. The van der Waals surface area contributed by atoms with Crippen molar-refractivity contribution in [1.82, 2.24) is 4.98 Å². The van der Waals surface area contributed by atoms with Crippen LogP contribution in [0.3, 0.4) is 0 Å². The fraction of sp³-hybridized carbons (Fsp3) is 0.474. The Bertz CT molecular complexity index is 806. The van der Waals surface area contributed by atoms with Crippen LogP contribution in [-0.2, 0) is 10.8 Å². The highest BCUT2D eigenvalue weighted by molar-refractivity contribution is 7.16. The van der Waals surface area contributed by atoms with Gasteiger partial charge in [0.1, 0.15) is 0 Å². The van der Waals surface area contributed by atoms with Gasteiger partial charge in [-0.2, -0.15) is 0 Å². The minimum atomic E-state index is -0.938. The molecule has 0 radical (unpaired) electrons. The molecule has 0 atom stereocenters. The van der Waals surface area contributed by atoms with Crippen molar-refractivity contribution in [1.29, 1.82) is 0 Å². The van der Waals surface area contributed by atoms with Crippen LogP contribution in [0, 0.1) is 6.92 Å². The Hall–Kier alpha value is -1.92. The molecule has 1 aliphatic rings. The van der Waals surface area contributed by atoms with Gasteiger partial charge in [0.2, 0.25) is 5.13 Å². The summed E-state index contributed by atoms with van der Waals surface area (Å²) in [4.78, 5) is 17.3. The van der Waals surface area contributed by atoms with E-state index >= 15 is 0 Å². The number of aryl methyl sites for hydroxylation is 1. The first-order valence-corrected chi connectivity index (χ1v) is 9.25. The van der Waals surface area contributed by atoms with E-state index in [2.05, 4.69) is 27.7 Å². The molecular weight excluding hydrogens is 334 g/mol. The minimum Gasteiger partial charge on any atom is -0.478 e. The molecule has 1 aromatic carbocycles. The number of hydrazine groups is 1. The third kappa shape index (κ3) is 3.04. The van der Waals surface area contributed by atoms with Gasteiger partial charge in [-0.1, -0.05) is 39.0 Å². The Balaban J connectivity index is 2.04. The van der Waals surface area contributed by atoms with Gasteiger partial charge in [-0.15, -0.1) is 0 Å². The number of benzene rings is 1. The van der Waals surface area contributed by atoms with Gasteiger partial charge in [0, 0.05) is 15.7 Å². The van der Waals surface area contributed by atoms with Crippen LogP contribution in [0.25, 0.3) is 0 Å². The average Bonchev–Trinajstić information content (AvgIpc) is 2.99. The number of carboxylic acid groups (broad SMARTS) is 1. The molecule has 0 saturated carbocycles. The molecule has 1 aromatic heterocycles. The van der Waals surface area contributed by atoms with E-state index in [4.69, 9.17) is 15.9 Å². The molecule has 0 spiro atoms. The standard InChI is InChI=1S/C19H25N3O2S/c1-11-10-12(16(23)24)6-7-13(11)22(20)17-21-14-15(25-17)19(4,5)9-8-18(14,2)3/h6-7,10H,8-9,20H2,1-5H3,(H,23,24). The first kappa shape index (κ1) is 17.9. The maximum Gasteiger partial charge on any atom is 0.335 e. The van der Waals surface area contributed by atoms with E-state index in [0.29, 0.717) is 0 Å². The Labute approximate surface area is 152 Å². The molecule has 0 saturated heterocycles. The minimum absolute atomic E-state index is 0.0443. The van der Waals surface area contributed by atoms with Crippen LogP contribution < -0.4 is 10.9 Å². The third-order valence-corrected chi connectivity index (χ3v) is 6.58. The van der Waals surface area contributed by atoms with Crippen molar-refractivity contribution in [3.8, 4) is 0 Å². The maximum absolute atomic E-state index is 11.1. The van der Waals surface area contributed by atoms with Crippen molar-refractivity contribution in [3.63, 3.8) is 0 Å². The van der Waals surface area contributed by atoms with E-state index in [1.807, 2.05) is 6.92 Å². The summed E-state index contributed by atoms with van der Waals surface area (Å²) in [6, 6.07) is 4.96. The lowest BCUT2D eigenvalue weighted by atomic mass is 9.69. The van der Waals surface area contributed by atoms with Gasteiger partial charge in [0.15, 0.2) is 0 Å². The molecule has 25 heavy (non-hydrogen) atoms. The predicted molar refractivity (Wildman–Crippen MR) is 102 cm³/mol. The number of aromatic nitrogens is 1. The lowest BCUT2D eigenvalue weighted by Gasteiger charge is -2.37. The summed E-state index contributed by atoms with van der Waals surface area (Å²) in [5, 5.41) is 11.5. The number of rotatable bonds is 3. The molecule has 2 aromatic rings. The summed E-state index contributed by atoms with van der Waals surface area (Å²) in [5.74, 6) is 5.43. The summed E-state index contributed by atoms with van der Waals surface area (Å²) >= 11 is 1.64. The highest BCUT2D eigenvalue weighted by Crippen LogP contribution is 2.49. The number of fused-ring (bicyclic) bond motifs is 1. The first-order valence-electron chi connectivity index (χ1n) is 8.43. The number of hydrogen-bond donors (Lipinski definition) is 2. The van der Waals surface area contributed by atoms with Gasteiger partial charge in [-0.25, -0.2) is 15.6 Å². The molecule has 0 aliphatic heterocycles. The predicted octanol–water partition coefficient (Wildman–Crippen LogP) is 4.51. The van der Waals surface area contributed by atoms with Crippen molar-refractivity contribution in [2.75, 3.05) is 5.01 Å². The van der Waals surface area contributed by atoms with Crippen molar-refractivity contribution in [3.05, 3.63) is 39.9 Å². The van der Waals surface area contributed by atoms with Crippen LogP contribution in [0.2, 0.25) is 0 Å². The van der Waals surface area contributed by atoms with Crippen molar-refractivity contribution in [2.45, 2.75) is 58.3 Å². The largest absolute Gasteiger partial charge is 0.478 e. The summed E-state index contributed by atoms with van der Waals surface area (Å²) < 4.78 is 0. The molecule has 3 N–H and O–H groups in total. The van der Waals surface area contributed by atoms with E-state index in [0.717, 1.165) is 34.9 Å². The van der Waals surface area contributed by atoms with E-state index < -0.39 is 5.97 Å². The van der Waals surface area contributed by atoms with E-state index in [9.17, 15) is 4.79 Å². The molecule has 0 unspecified atom stereocenters. The number of hydrogen-bond acceptors (Lipinski definition) is 5. The molecule has 0 fully saturated rings. The first-order chi connectivity index (χ1) is 11.5. The molecule has 0 amide bonds. The molecular formula is C19H25N3O2S. The highest BCUT2D eigenvalue weighted by Gasteiger charge is 2.41. The van der Waals surface area contributed by atoms with Crippen LogP contribution in [0.4, 0.5) is 10.8 Å². The second-order valence-corrected chi connectivity index (χ2v) is 9.10. The van der Waals surface area contributed by atoms with Gasteiger partial charge >= 0.3 is 5.97 Å². The third-order valence-electron chi connectivity index (χ3n) is 5.16. The van der Waals surface area contributed by atoms with Crippen LogP contribution in [0.15, 0.2) is 18.2 Å². The molecule has 0 bridgehead atoms. The number of nitrogens with zero attached hydrogens (tertiary/aromatic N) is 2. The number of anilines is 2. The molecule has 6 heteroatoms. The van der Waals surface area contributed by atoms with Crippen LogP contribution in [-0.4, -0.2) is 16.1 Å². The zero-order valence-corrected chi connectivity index (χ0v) is 16.2. The van der Waals surface area contributed by atoms with Crippen molar-refractivity contribution >= 4 is 28.1 Å². The van der Waals surface area contributed by atoms with Crippen molar-refractivity contribution < 1.29 is 9.90 Å². The second kappa shape index (κ2) is 5.81. The number of nitrogens with two attached hydrogens (primary N) is 1. The van der Waals surface area contributed by atoms with Crippen molar-refractivity contribution in [2.24, 2.45) is 5.84 Å². The Morgan fingerprint density at radius 3 is 2.44 bits per heavy atom. The average molecular weight is 359 g/mol. The molecule has 1 aliphatic carbocycles. The zero-order valence-electron chi connectivity index (χ0n) is 15.4. The molecule has 1 heterocycles. The molecule has 3 rings (SSSR count). The SMILES string of the molecule is Cc1cc(C(=O)O)ccc1N(N)c1nc2c(s1)C(C)(C)CCC2(C)C. The topological polar surface area (TPSA) is 79.5 Å². The quantitative estimate of drug-likeness (QED) is 0.622. The van der Waals surface area contributed by atoms with Gasteiger partial charge < -0.3 is 5.11 Å². The number of carboxylic acids is 1. The summed E-state index contributed by atoms with van der Waals surface area (Å²) in [5.41, 5.74) is 3.13. The monoisotopic (exact) mass is 359 g/mol. The van der Waals surface area contributed by atoms with E-state index in [1.54, 1.807) is 34.5 Å².